The molecule has 5 heteroatoms. The Morgan fingerprint density at radius 2 is 1.95 bits per heavy atom. The van der Waals surface area contributed by atoms with E-state index in [9.17, 15) is 9.59 Å². The van der Waals surface area contributed by atoms with Crippen LogP contribution < -0.4 is 0 Å². The van der Waals surface area contributed by atoms with Crippen molar-refractivity contribution in [3.8, 4) is 0 Å². The van der Waals surface area contributed by atoms with Crippen LogP contribution >= 0.6 is 15.9 Å². The molecule has 0 atom stereocenters. The highest BCUT2D eigenvalue weighted by Crippen LogP contribution is 2.26. The van der Waals surface area contributed by atoms with Crippen molar-refractivity contribution in [2.24, 2.45) is 0 Å². The van der Waals surface area contributed by atoms with E-state index in [0.29, 0.717) is 5.56 Å². The van der Waals surface area contributed by atoms with Crippen molar-refractivity contribution in [3.05, 3.63) is 33.8 Å². The number of nitrogens with zero attached hydrogens (tertiary/aromatic N) is 1. The van der Waals surface area contributed by atoms with E-state index in [1.807, 2.05) is 19.1 Å². The number of benzene rings is 1. The van der Waals surface area contributed by atoms with Crippen molar-refractivity contribution in [1.29, 1.82) is 0 Å². The number of aryl methyl sites for hydroxylation is 1. The standard InChI is InChI=1S/C16H20BrNO3/c1-11-7-12(9-13(17)8-11)16(20)18(10-15(19)21-2)14-5-3-4-6-14/h7-9,14H,3-6,10H2,1-2H3. The zero-order valence-electron chi connectivity index (χ0n) is 12.4. The molecule has 0 aliphatic heterocycles. The Labute approximate surface area is 133 Å². The minimum atomic E-state index is -0.373. The normalized spacial score (nSPS) is 15.0. The monoisotopic (exact) mass is 353 g/mol. The Kier molecular flexibility index (Phi) is 5.39. The third kappa shape index (κ3) is 4.06. The predicted octanol–water partition coefficient (Wildman–Crippen LogP) is 3.32. The number of hydrogen-bond donors (Lipinski definition) is 0. The molecule has 1 aliphatic carbocycles. The first-order valence-electron chi connectivity index (χ1n) is 7.16. The minimum absolute atomic E-state index is 0.0194. The smallest absolute Gasteiger partial charge is 0.325 e. The first kappa shape index (κ1) is 16.0. The number of methoxy groups -OCH3 is 1. The average molecular weight is 354 g/mol. The van der Waals surface area contributed by atoms with E-state index in [-0.39, 0.29) is 24.5 Å². The van der Waals surface area contributed by atoms with E-state index in [2.05, 4.69) is 15.9 Å². The molecule has 2 rings (SSSR count). The third-order valence-electron chi connectivity index (χ3n) is 3.84. The molecule has 4 nitrogen and oxygen atoms in total. The Morgan fingerprint density at radius 3 is 2.52 bits per heavy atom. The van der Waals surface area contributed by atoms with Gasteiger partial charge in [0.1, 0.15) is 6.54 Å². The second-order valence-corrected chi connectivity index (χ2v) is 6.38. The highest BCUT2D eigenvalue weighted by molar-refractivity contribution is 9.10. The van der Waals surface area contributed by atoms with Crippen molar-refractivity contribution in [3.63, 3.8) is 0 Å². The highest BCUT2D eigenvalue weighted by Gasteiger charge is 2.29. The van der Waals surface area contributed by atoms with E-state index in [1.54, 1.807) is 11.0 Å². The van der Waals surface area contributed by atoms with Gasteiger partial charge in [0, 0.05) is 16.1 Å². The molecule has 1 aromatic rings. The Hall–Kier alpha value is -1.36. The summed E-state index contributed by atoms with van der Waals surface area (Å²) in [7, 11) is 1.35. The first-order valence-corrected chi connectivity index (χ1v) is 7.95. The number of halogens is 1. The summed E-state index contributed by atoms with van der Waals surface area (Å²) < 4.78 is 5.60. The zero-order chi connectivity index (χ0) is 15.4. The SMILES string of the molecule is COC(=O)CN(C(=O)c1cc(C)cc(Br)c1)C1CCCC1. The van der Waals surface area contributed by atoms with Crippen molar-refractivity contribution < 1.29 is 14.3 Å². The van der Waals surface area contributed by atoms with Gasteiger partial charge in [0.05, 0.1) is 7.11 Å². The number of carbonyl (C=O) groups is 2. The molecule has 114 valence electrons. The van der Waals surface area contributed by atoms with Gasteiger partial charge >= 0.3 is 5.97 Å². The van der Waals surface area contributed by atoms with Gasteiger partial charge in [0.25, 0.3) is 5.91 Å². The molecule has 0 bridgehead atoms. The predicted molar refractivity (Wildman–Crippen MR) is 84.2 cm³/mol. The molecule has 1 amide bonds. The molecule has 0 saturated heterocycles. The van der Waals surface area contributed by atoms with Crippen molar-refractivity contribution in [2.75, 3.05) is 13.7 Å². The lowest BCUT2D eigenvalue weighted by Crippen LogP contribution is -2.42. The van der Waals surface area contributed by atoms with Gasteiger partial charge in [0.15, 0.2) is 0 Å². The van der Waals surface area contributed by atoms with Crippen LogP contribution in [0.4, 0.5) is 0 Å². The maximum absolute atomic E-state index is 12.8. The second-order valence-electron chi connectivity index (χ2n) is 5.46. The Bertz CT molecular complexity index is 518. The molecule has 0 N–H and O–H groups in total. The molecule has 1 saturated carbocycles. The van der Waals surface area contributed by atoms with Crippen LogP contribution in [-0.2, 0) is 9.53 Å². The summed E-state index contributed by atoms with van der Waals surface area (Å²) in [4.78, 5) is 26.1. The van der Waals surface area contributed by atoms with E-state index in [4.69, 9.17) is 4.74 Å². The fraction of sp³-hybridized carbons (Fsp3) is 0.500. The number of ether oxygens (including phenoxy) is 1. The summed E-state index contributed by atoms with van der Waals surface area (Å²) in [6, 6.07) is 5.74. The average Bonchev–Trinajstić information content (AvgIpc) is 2.96. The van der Waals surface area contributed by atoms with E-state index in [0.717, 1.165) is 35.7 Å². The quantitative estimate of drug-likeness (QED) is 0.780. The van der Waals surface area contributed by atoms with Crippen LogP contribution in [0.25, 0.3) is 0 Å². The molecule has 1 fully saturated rings. The summed E-state index contributed by atoms with van der Waals surface area (Å²) in [5.74, 6) is -0.473. The Balaban J connectivity index is 2.25. The molecule has 0 aromatic heterocycles. The van der Waals surface area contributed by atoms with E-state index < -0.39 is 0 Å². The molecular weight excluding hydrogens is 334 g/mol. The molecule has 1 aliphatic rings. The number of carbonyl (C=O) groups excluding carboxylic acids is 2. The number of rotatable bonds is 4. The lowest BCUT2D eigenvalue weighted by atomic mass is 10.1. The van der Waals surface area contributed by atoms with Crippen LogP contribution in [0.3, 0.4) is 0 Å². The van der Waals surface area contributed by atoms with Crippen LogP contribution in [-0.4, -0.2) is 36.5 Å². The maximum Gasteiger partial charge on any atom is 0.325 e. The zero-order valence-corrected chi connectivity index (χ0v) is 14.0. The van der Waals surface area contributed by atoms with Crippen LogP contribution in [0.2, 0.25) is 0 Å². The van der Waals surface area contributed by atoms with Crippen LogP contribution in [0.5, 0.6) is 0 Å². The van der Waals surface area contributed by atoms with E-state index >= 15 is 0 Å². The largest absolute Gasteiger partial charge is 0.468 e. The second kappa shape index (κ2) is 7.07. The summed E-state index contributed by atoms with van der Waals surface area (Å²) in [5.41, 5.74) is 1.62. The highest BCUT2D eigenvalue weighted by atomic mass is 79.9. The van der Waals surface area contributed by atoms with Gasteiger partial charge < -0.3 is 9.64 Å². The fourth-order valence-electron chi connectivity index (χ4n) is 2.81. The van der Waals surface area contributed by atoms with Gasteiger partial charge in [-0.05, 0) is 43.5 Å². The van der Waals surface area contributed by atoms with Crippen molar-refractivity contribution >= 4 is 27.8 Å². The number of amides is 1. The molecular formula is C16H20BrNO3. The molecule has 0 unspecified atom stereocenters. The molecule has 0 radical (unpaired) electrons. The first-order chi connectivity index (χ1) is 10.0. The van der Waals surface area contributed by atoms with Gasteiger partial charge in [0.2, 0.25) is 0 Å². The Morgan fingerprint density at radius 1 is 1.29 bits per heavy atom. The number of esters is 1. The van der Waals surface area contributed by atoms with Crippen LogP contribution in [0, 0.1) is 6.92 Å². The third-order valence-corrected chi connectivity index (χ3v) is 4.30. The lowest BCUT2D eigenvalue weighted by Gasteiger charge is -2.28. The van der Waals surface area contributed by atoms with Crippen LogP contribution in [0.1, 0.15) is 41.6 Å². The fourth-order valence-corrected chi connectivity index (χ4v) is 3.42. The van der Waals surface area contributed by atoms with Gasteiger partial charge in [-0.15, -0.1) is 0 Å². The summed E-state index contributed by atoms with van der Waals surface area (Å²) in [5, 5.41) is 0. The molecule has 21 heavy (non-hydrogen) atoms. The van der Waals surface area contributed by atoms with Gasteiger partial charge in [-0.3, -0.25) is 9.59 Å². The molecule has 0 spiro atoms. The topological polar surface area (TPSA) is 46.6 Å². The van der Waals surface area contributed by atoms with Crippen LogP contribution in [0.15, 0.2) is 22.7 Å². The summed E-state index contributed by atoms with van der Waals surface area (Å²) in [6.07, 6.45) is 4.12. The van der Waals surface area contributed by atoms with Gasteiger partial charge in [-0.1, -0.05) is 28.8 Å². The number of hydrogen-bond acceptors (Lipinski definition) is 3. The molecule has 0 heterocycles. The van der Waals surface area contributed by atoms with Crippen molar-refractivity contribution in [2.45, 2.75) is 38.6 Å². The minimum Gasteiger partial charge on any atom is -0.468 e. The van der Waals surface area contributed by atoms with Crippen molar-refractivity contribution in [1.82, 2.24) is 4.90 Å². The summed E-state index contributed by atoms with van der Waals surface area (Å²) in [6.45, 7) is 1.97. The summed E-state index contributed by atoms with van der Waals surface area (Å²) >= 11 is 3.42. The molecule has 1 aromatic carbocycles. The maximum atomic E-state index is 12.8. The van der Waals surface area contributed by atoms with E-state index in [1.165, 1.54) is 7.11 Å². The van der Waals surface area contributed by atoms with Gasteiger partial charge in [-0.2, -0.15) is 0 Å². The van der Waals surface area contributed by atoms with Gasteiger partial charge in [-0.25, -0.2) is 0 Å². The lowest BCUT2D eigenvalue weighted by molar-refractivity contribution is -0.141.